The number of H-pyrrole nitrogens is 1. The van der Waals surface area contributed by atoms with Gasteiger partial charge in [0.05, 0.1) is 29.9 Å². The molecule has 0 amide bonds. The topological polar surface area (TPSA) is 90.5 Å². The second-order valence-corrected chi connectivity index (χ2v) is 11.9. The Bertz CT molecular complexity index is 1980. The Balaban J connectivity index is 1.30. The number of rotatable bonds is 9. The minimum Gasteiger partial charge on any atom is -0.496 e. The van der Waals surface area contributed by atoms with Crippen molar-refractivity contribution in [1.29, 1.82) is 0 Å². The molecule has 10 heteroatoms. The number of β-amino-alcohol motifs (C(OH)–C–C–N with tert-alkyl or cyclic N) is 1. The Morgan fingerprint density at radius 1 is 1.00 bits per heavy atom. The molecule has 0 radical (unpaired) electrons. The number of aliphatic hydroxyl groups excluding tert-OH is 1. The van der Waals surface area contributed by atoms with Gasteiger partial charge < -0.3 is 15.2 Å². The van der Waals surface area contributed by atoms with Gasteiger partial charge in [0, 0.05) is 30.7 Å². The van der Waals surface area contributed by atoms with Gasteiger partial charge in [-0.05, 0) is 89.5 Å². The van der Waals surface area contributed by atoms with Crippen LogP contribution in [0.25, 0.3) is 34.2 Å². The molecule has 0 spiro atoms. The van der Waals surface area contributed by atoms with Crippen LogP contribution in [-0.2, 0) is 12.7 Å². The first-order valence-corrected chi connectivity index (χ1v) is 15.3. The number of aromatic amines is 1. The van der Waals surface area contributed by atoms with Crippen LogP contribution in [-0.4, -0.2) is 52.8 Å². The highest BCUT2D eigenvalue weighted by molar-refractivity contribution is 5.93. The van der Waals surface area contributed by atoms with Gasteiger partial charge in [0.25, 0.3) is 0 Å². The summed E-state index contributed by atoms with van der Waals surface area (Å²) in [5.74, 6) is 0.777. The normalized spacial score (nSPS) is 15.5. The van der Waals surface area contributed by atoms with Crippen LogP contribution < -0.4 is 10.1 Å². The van der Waals surface area contributed by atoms with E-state index in [2.05, 4.69) is 32.5 Å². The molecule has 1 aromatic heterocycles. The van der Waals surface area contributed by atoms with E-state index in [1.807, 2.05) is 56.3 Å². The third-order valence-electron chi connectivity index (χ3n) is 8.81. The number of ether oxygens (including phenoxy) is 1. The van der Waals surface area contributed by atoms with Crippen molar-refractivity contribution in [3.63, 3.8) is 0 Å². The van der Waals surface area contributed by atoms with E-state index in [9.17, 15) is 23.1 Å². The molecule has 1 aliphatic rings. The van der Waals surface area contributed by atoms with Gasteiger partial charge in [0.15, 0.2) is 12.1 Å². The van der Waals surface area contributed by atoms with Crippen LogP contribution in [0.1, 0.15) is 50.2 Å². The number of methoxy groups -OCH3 is 1. The van der Waals surface area contributed by atoms with Gasteiger partial charge in [-0.15, -0.1) is 0 Å². The van der Waals surface area contributed by atoms with E-state index < -0.39 is 11.7 Å². The van der Waals surface area contributed by atoms with Crippen LogP contribution in [0.3, 0.4) is 0 Å². The molecular weight excluding hydrogens is 605 g/mol. The Morgan fingerprint density at radius 3 is 2.45 bits per heavy atom. The molecule has 1 fully saturated rings. The summed E-state index contributed by atoms with van der Waals surface area (Å²) in [7, 11) is 1.32. The number of carbonyl (C=O) groups excluding carboxylic acids is 1. The Hall–Kier alpha value is -4.93. The maximum atomic E-state index is 13.9. The molecule has 0 bridgehead atoms. The number of nitrogens with one attached hydrogen (secondary N) is 2. The number of halogens is 3. The molecule has 4 aromatic carbocycles. The molecule has 0 unspecified atom stereocenters. The summed E-state index contributed by atoms with van der Waals surface area (Å²) >= 11 is 0. The minimum absolute atomic E-state index is 0.0745. The average molecular weight is 641 g/mol. The lowest BCUT2D eigenvalue weighted by Gasteiger charge is -2.16. The molecule has 7 nitrogen and oxygen atoms in total. The smallest absolute Gasteiger partial charge is 0.417 e. The zero-order chi connectivity index (χ0) is 33.3. The first kappa shape index (κ1) is 32.0. The molecule has 1 atom stereocenters. The summed E-state index contributed by atoms with van der Waals surface area (Å²) in [4.78, 5) is 13.6. The van der Waals surface area contributed by atoms with Gasteiger partial charge in [0.2, 0.25) is 0 Å². The van der Waals surface area contributed by atoms with E-state index in [4.69, 9.17) is 4.74 Å². The molecule has 2 heterocycles. The highest BCUT2D eigenvalue weighted by atomic mass is 19.4. The second-order valence-electron chi connectivity index (χ2n) is 11.9. The summed E-state index contributed by atoms with van der Waals surface area (Å²) in [6.45, 7) is 6.27. The van der Waals surface area contributed by atoms with Crippen molar-refractivity contribution in [2.45, 2.75) is 39.1 Å². The summed E-state index contributed by atoms with van der Waals surface area (Å²) < 4.78 is 46.9. The number of aldehydes is 1. The SMILES string of the molecule is COc1cc(/C=C/c2cccc(-c3cccc(Nc4n[nH]c5ccc(CN6CC[C@@H](O)C6)cc45)c3C)c2C)c(C(F)(F)F)cc1C=O. The number of hydrogen-bond donors (Lipinski definition) is 3. The number of hydrogen-bond acceptors (Lipinski definition) is 6. The highest BCUT2D eigenvalue weighted by Gasteiger charge is 2.34. The zero-order valence-electron chi connectivity index (χ0n) is 26.3. The summed E-state index contributed by atoms with van der Waals surface area (Å²) in [5, 5.41) is 22.0. The number of aliphatic hydroxyl groups is 1. The van der Waals surface area contributed by atoms with E-state index in [1.54, 1.807) is 6.08 Å². The van der Waals surface area contributed by atoms with Gasteiger partial charge in [-0.1, -0.05) is 48.6 Å². The average Bonchev–Trinajstić information content (AvgIpc) is 3.65. The van der Waals surface area contributed by atoms with Crippen LogP contribution in [0.5, 0.6) is 5.75 Å². The molecule has 0 saturated carbocycles. The summed E-state index contributed by atoms with van der Waals surface area (Å²) in [5.41, 5.74) is 6.32. The maximum Gasteiger partial charge on any atom is 0.417 e. The number of benzene rings is 4. The van der Waals surface area contributed by atoms with Crippen LogP contribution in [0.4, 0.5) is 24.7 Å². The zero-order valence-corrected chi connectivity index (χ0v) is 26.3. The molecule has 1 aliphatic heterocycles. The highest BCUT2D eigenvalue weighted by Crippen LogP contribution is 2.38. The molecule has 3 N–H and O–H groups in total. The van der Waals surface area contributed by atoms with Crippen molar-refractivity contribution in [2.24, 2.45) is 0 Å². The first-order valence-electron chi connectivity index (χ1n) is 15.3. The number of carbonyl (C=O) groups is 1. The molecule has 0 aliphatic carbocycles. The van der Waals surface area contributed by atoms with E-state index in [0.717, 1.165) is 75.5 Å². The van der Waals surface area contributed by atoms with Crippen molar-refractivity contribution < 1.29 is 27.8 Å². The molecule has 5 aromatic rings. The van der Waals surface area contributed by atoms with Crippen molar-refractivity contribution in [2.75, 3.05) is 25.5 Å². The number of nitrogens with zero attached hydrogens (tertiary/aromatic N) is 2. The van der Waals surface area contributed by atoms with Crippen molar-refractivity contribution >= 4 is 40.8 Å². The Labute approximate surface area is 270 Å². The van der Waals surface area contributed by atoms with Gasteiger partial charge in [-0.3, -0.25) is 14.8 Å². The van der Waals surface area contributed by atoms with Gasteiger partial charge in [-0.25, -0.2) is 0 Å². The third-order valence-corrected chi connectivity index (χ3v) is 8.81. The second kappa shape index (κ2) is 13.1. The van der Waals surface area contributed by atoms with E-state index >= 15 is 0 Å². The Kier molecular flexibility index (Phi) is 8.90. The molecule has 47 heavy (non-hydrogen) atoms. The van der Waals surface area contributed by atoms with Gasteiger partial charge in [-0.2, -0.15) is 18.3 Å². The van der Waals surface area contributed by atoms with Crippen molar-refractivity contribution in [1.82, 2.24) is 15.1 Å². The lowest BCUT2D eigenvalue weighted by molar-refractivity contribution is -0.137. The predicted octanol–water partition coefficient (Wildman–Crippen LogP) is 8.17. The lowest BCUT2D eigenvalue weighted by atomic mass is 9.92. The fourth-order valence-electron chi connectivity index (χ4n) is 6.23. The van der Waals surface area contributed by atoms with Crippen LogP contribution >= 0.6 is 0 Å². The van der Waals surface area contributed by atoms with E-state index in [0.29, 0.717) is 18.6 Å². The largest absolute Gasteiger partial charge is 0.496 e. The fraction of sp³-hybridized carbons (Fsp3) is 0.243. The van der Waals surface area contributed by atoms with Crippen LogP contribution in [0.15, 0.2) is 66.7 Å². The number of anilines is 2. The van der Waals surface area contributed by atoms with Crippen molar-refractivity contribution in [3.05, 3.63) is 106 Å². The fourth-order valence-corrected chi connectivity index (χ4v) is 6.23. The van der Waals surface area contributed by atoms with Crippen LogP contribution in [0, 0.1) is 13.8 Å². The number of alkyl halides is 3. The quantitative estimate of drug-likeness (QED) is 0.111. The number of likely N-dealkylation sites (tertiary alicyclic amines) is 1. The first-order chi connectivity index (χ1) is 22.5. The minimum atomic E-state index is -4.65. The summed E-state index contributed by atoms with van der Waals surface area (Å²) in [6, 6.07) is 20.0. The monoisotopic (exact) mass is 640 g/mol. The summed E-state index contributed by atoms with van der Waals surface area (Å²) in [6.07, 6.45) is -0.720. The molecular formula is C37H35F3N4O3. The molecule has 1 saturated heterocycles. The number of fused-ring (bicyclic) bond motifs is 1. The van der Waals surface area contributed by atoms with E-state index in [-0.39, 0.29) is 23.0 Å². The Morgan fingerprint density at radius 2 is 1.74 bits per heavy atom. The van der Waals surface area contributed by atoms with Crippen LogP contribution in [0.2, 0.25) is 0 Å². The third kappa shape index (κ3) is 6.65. The molecule has 242 valence electrons. The standard InChI is InChI=1S/C37H35F3N4O3/c1-22-25(11-12-26-18-35(47-3)27(21-45)17-32(26)37(38,39)40)6-4-7-29(22)30-8-5-9-33(23(30)2)41-36-31-16-24(10-13-34(31)42-43-36)19-44-15-14-28(46)20-44/h4-13,16-18,21,28,46H,14-15,19-20H2,1-3H3,(H2,41,42,43)/b12-11+/t28-/m1/s1. The maximum absolute atomic E-state index is 13.9. The lowest BCUT2D eigenvalue weighted by Crippen LogP contribution is -2.21. The predicted molar refractivity (Wildman–Crippen MR) is 179 cm³/mol. The van der Waals surface area contributed by atoms with Crippen molar-refractivity contribution in [3.8, 4) is 16.9 Å². The van der Waals surface area contributed by atoms with E-state index in [1.165, 1.54) is 19.3 Å². The van der Waals surface area contributed by atoms with Gasteiger partial charge >= 0.3 is 6.18 Å². The number of aromatic nitrogens is 2. The molecule has 6 rings (SSSR count). The van der Waals surface area contributed by atoms with Gasteiger partial charge in [0.1, 0.15) is 5.75 Å².